The second-order valence-electron chi connectivity index (χ2n) is 6.22. The summed E-state index contributed by atoms with van der Waals surface area (Å²) in [4.78, 5) is 4.58. The van der Waals surface area contributed by atoms with Gasteiger partial charge in [-0.25, -0.2) is 4.99 Å². The van der Waals surface area contributed by atoms with E-state index in [1.54, 1.807) is 32.4 Å². The SMILES string of the molecule is CCNC(=NCc1ccc(C)cc1)NCC(O)c1cc(OC)cc(OC)c1.I. The molecule has 0 aliphatic heterocycles. The maximum Gasteiger partial charge on any atom is 0.191 e. The molecular weight excluding hydrogens is 469 g/mol. The van der Waals surface area contributed by atoms with Crippen LogP contribution in [0.15, 0.2) is 47.5 Å². The molecule has 0 radical (unpaired) electrons. The molecule has 0 heterocycles. The minimum atomic E-state index is -0.725. The highest BCUT2D eigenvalue weighted by Gasteiger charge is 2.12. The molecule has 2 rings (SSSR count). The average Bonchev–Trinajstić information content (AvgIpc) is 2.70. The van der Waals surface area contributed by atoms with E-state index in [1.807, 2.05) is 6.92 Å². The Hall–Kier alpha value is -2.00. The van der Waals surface area contributed by atoms with Crippen molar-refractivity contribution in [1.82, 2.24) is 10.6 Å². The molecule has 154 valence electrons. The normalized spacial score (nSPS) is 12.0. The molecule has 0 spiro atoms. The fourth-order valence-electron chi connectivity index (χ4n) is 2.54. The maximum atomic E-state index is 10.5. The van der Waals surface area contributed by atoms with Gasteiger partial charge in [-0.1, -0.05) is 29.8 Å². The van der Waals surface area contributed by atoms with Gasteiger partial charge in [0.05, 0.1) is 26.9 Å². The van der Waals surface area contributed by atoms with Gasteiger partial charge in [-0.3, -0.25) is 0 Å². The quantitative estimate of drug-likeness (QED) is 0.295. The first-order chi connectivity index (χ1) is 13.0. The number of hydrogen-bond acceptors (Lipinski definition) is 4. The number of hydrogen-bond donors (Lipinski definition) is 3. The summed E-state index contributed by atoms with van der Waals surface area (Å²) in [5.74, 6) is 1.94. The lowest BCUT2D eigenvalue weighted by Gasteiger charge is -2.17. The summed E-state index contributed by atoms with van der Waals surface area (Å²) >= 11 is 0. The number of aryl methyl sites for hydroxylation is 1. The van der Waals surface area contributed by atoms with E-state index in [2.05, 4.69) is 46.8 Å². The van der Waals surface area contributed by atoms with Gasteiger partial charge in [0.1, 0.15) is 11.5 Å². The molecule has 1 unspecified atom stereocenters. The zero-order chi connectivity index (χ0) is 19.6. The first-order valence-electron chi connectivity index (χ1n) is 9.04. The Balaban J connectivity index is 0.00000392. The molecule has 28 heavy (non-hydrogen) atoms. The Bertz CT molecular complexity index is 729. The third-order valence-electron chi connectivity index (χ3n) is 4.11. The monoisotopic (exact) mass is 499 g/mol. The summed E-state index contributed by atoms with van der Waals surface area (Å²) in [6, 6.07) is 13.7. The predicted molar refractivity (Wildman–Crippen MR) is 124 cm³/mol. The van der Waals surface area contributed by atoms with E-state index in [-0.39, 0.29) is 24.0 Å². The number of methoxy groups -OCH3 is 2. The lowest BCUT2D eigenvalue weighted by molar-refractivity contribution is 0.180. The van der Waals surface area contributed by atoms with Crippen molar-refractivity contribution in [2.75, 3.05) is 27.3 Å². The largest absolute Gasteiger partial charge is 0.497 e. The number of aliphatic hydroxyl groups is 1. The maximum absolute atomic E-state index is 10.5. The molecule has 7 heteroatoms. The summed E-state index contributed by atoms with van der Waals surface area (Å²) in [5, 5.41) is 16.9. The molecule has 6 nitrogen and oxygen atoms in total. The predicted octanol–water partition coefficient (Wildman–Crippen LogP) is 3.42. The number of halogens is 1. The van der Waals surface area contributed by atoms with Crippen molar-refractivity contribution in [1.29, 1.82) is 0 Å². The van der Waals surface area contributed by atoms with E-state index in [0.717, 1.165) is 12.1 Å². The van der Waals surface area contributed by atoms with Crippen LogP contribution in [0.4, 0.5) is 0 Å². The number of aliphatic imine (C=N–C) groups is 1. The van der Waals surface area contributed by atoms with Crippen LogP contribution in [0.25, 0.3) is 0 Å². The van der Waals surface area contributed by atoms with Gasteiger partial charge in [-0.15, -0.1) is 24.0 Å². The van der Waals surface area contributed by atoms with Gasteiger partial charge >= 0.3 is 0 Å². The zero-order valence-corrected chi connectivity index (χ0v) is 19.2. The van der Waals surface area contributed by atoms with E-state index in [4.69, 9.17) is 9.47 Å². The van der Waals surface area contributed by atoms with Crippen molar-refractivity contribution >= 4 is 29.9 Å². The number of aliphatic hydroxyl groups excluding tert-OH is 1. The third kappa shape index (κ3) is 7.55. The van der Waals surface area contributed by atoms with Crippen LogP contribution in [0, 0.1) is 6.92 Å². The summed E-state index contributed by atoms with van der Waals surface area (Å²) in [5.41, 5.74) is 3.08. The van der Waals surface area contributed by atoms with E-state index < -0.39 is 6.10 Å². The highest BCUT2D eigenvalue weighted by atomic mass is 127. The molecule has 0 aromatic heterocycles. The van der Waals surface area contributed by atoms with Crippen LogP contribution >= 0.6 is 24.0 Å². The fourth-order valence-corrected chi connectivity index (χ4v) is 2.54. The minimum Gasteiger partial charge on any atom is -0.497 e. The Morgan fingerprint density at radius 3 is 2.18 bits per heavy atom. The second kappa shape index (κ2) is 12.5. The second-order valence-corrected chi connectivity index (χ2v) is 6.22. The number of nitrogens with zero attached hydrogens (tertiary/aromatic N) is 1. The molecule has 1 atom stereocenters. The van der Waals surface area contributed by atoms with Crippen LogP contribution in [-0.4, -0.2) is 38.4 Å². The van der Waals surface area contributed by atoms with Gasteiger partial charge in [-0.2, -0.15) is 0 Å². The number of ether oxygens (including phenoxy) is 2. The number of benzene rings is 2. The summed E-state index contributed by atoms with van der Waals surface area (Å²) in [6.07, 6.45) is -0.725. The van der Waals surface area contributed by atoms with Crippen molar-refractivity contribution in [3.63, 3.8) is 0 Å². The number of nitrogens with one attached hydrogen (secondary N) is 2. The number of rotatable bonds is 8. The lowest BCUT2D eigenvalue weighted by Crippen LogP contribution is -2.39. The first-order valence-corrected chi connectivity index (χ1v) is 9.04. The molecule has 3 N–H and O–H groups in total. The third-order valence-corrected chi connectivity index (χ3v) is 4.11. The highest BCUT2D eigenvalue weighted by Crippen LogP contribution is 2.26. The van der Waals surface area contributed by atoms with E-state index >= 15 is 0 Å². The Morgan fingerprint density at radius 2 is 1.64 bits per heavy atom. The Labute approximate surface area is 184 Å². The smallest absolute Gasteiger partial charge is 0.191 e. The molecule has 0 aliphatic rings. The standard InChI is InChI=1S/C21H29N3O3.HI/c1-5-22-21(23-13-16-8-6-15(2)7-9-16)24-14-20(25)17-10-18(26-3)12-19(11-17)27-4;/h6-12,20,25H,5,13-14H2,1-4H3,(H2,22,23,24);1H. The van der Waals surface area contributed by atoms with Gasteiger partial charge in [0.15, 0.2) is 5.96 Å². The minimum absolute atomic E-state index is 0. The van der Waals surface area contributed by atoms with Gasteiger partial charge in [0.25, 0.3) is 0 Å². The average molecular weight is 499 g/mol. The van der Waals surface area contributed by atoms with Crippen LogP contribution in [0.5, 0.6) is 11.5 Å². The Morgan fingerprint density at radius 1 is 1.04 bits per heavy atom. The van der Waals surface area contributed by atoms with Crippen molar-refractivity contribution in [2.24, 2.45) is 4.99 Å². The van der Waals surface area contributed by atoms with Gasteiger partial charge in [0.2, 0.25) is 0 Å². The van der Waals surface area contributed by atoms with Gasteiger partial charge < -0.3 is 25.2 Å². The van der Waals surface area contributed by atoms with E-state index in [0.29, 0.717) is 36.1 Å². The van der Waals surface area contributed by atoms with Crippen molar-refractivity contribution in [3.05, 3.63) is 59.2 Å². The molecule has 0 saturated carbocycles. The lowest BCUT2D eigenvalue weighted by atomic mass is 10.1. The summed E-state index contributed by atoms with van der Waals surface area (Å²) in [6.45, 7) is 5.69. The molecule has 0 amide bonds. The fraction of sp³-hybridized carbons (Fsp3) is 0.381. The number of guanidine groups is 1. The molecule has 0 saturated heterocycles. The first kappa shape index (κ1) is 24.0. The zero-order valence-electron chi connectivity index (χ0n) is 16.9. The molecule has 0 aliphatic carbocycles. The molecule has 2 aromatic rings. The van der Waals surface area contributed by atoms with E-state index in [1.165, 1.54) is 5.56 Å². The van der Waals surface area contributed by atoms with Crippen LogP contribution in [-0.2, 0) is 6.54 Å². The van der Waals surface area contributed by atoms with Gasteiger partial charge in [0, 0.05) is 19.2 Å². The Kier molecular flexibility index (Phi) is 10.7. The van der Waals surface area contributed by atoms with Crippen molar-refractivity contribution in [2.45, 2.75) is 26.5 Å². The van der Waals surface area contributed by atoms with Crippen LogP contribution in [0.3, 0.4) is 0 Å². The highest BCUT2D eigenvalue weighted by molar-refractivity contribution is 14.0. The van der Waals surface area contributed by atoms with Crippen molar-refractivity contribution in [3.8, 4) is 11.5 Å². The summed E-state index contributed by atoms with van der Waals surface area (Å²) in [7, 11) is 3.17. The van der Waals surface area contributed by atoms with E-state index in [9.17, 15) is 5.11 Å². The van der Waals surface area contributed by atoms with Crippen LogP contribution < -0.4 is 20.1 Å². The van der Waals surface area contributed by atoms with Crippen LogP contribution in [0.1, 0.15) is 29.7 Å². The molecule has 0 bridgehead atoms. The molecule has 2 aromatic carbocycles. The molecular formula is C21H30IN3O3. The van der Waals surface area contributed by atoms with Crippen molar-refractivity contribution < 1.29 is 14.6 Å². The topological polar surface area (TPSA) is 75.1 Å². The van der Waals surface area contributed by atoms with Gasteiger partial charge in [-0.05, 0) is 37.1 Å². The van der Waals surface area contributed by atoms with Crippen LogP contribution in [0.2, 0.25) is 0 Å². The summed E-state index contributed by atoms with van der Waals surface area (Å²) < 4.78 is 10.5. The molecule has 0 fully saturated rings.